The maximum Gasteiger partial charge on any atom is 0.254 e. The number of nitrogens with two attached hydrogens (primary N) is 1. The molecular formula is C20H16F2N2O2. The number of fused-ring (bicyclic) bond motifs is 1. The zero-order valence-corrected chi connectivity index (χ0v) is 13.7. The van der Waals surface area contributed by atoms with Crippen molar-refractivity contribution in [3.05, 3.63) is 83.4 Å². The van der Waals surface area contributed by atoms with Gasteiger partial charge in [0, 0.05) is 12.5 Å². The number of carbonyl (C=O) groups is 2. The van der Waals surface area contributed by atoms with E-state index >= 15 is 0 Å². The Labute approximate surface area is 148 Å². The molecule has 3 aromatic rings. The van der Waals surface area contributed by atoms with Crippen molar-refractivity contribution in [3.8, 4) is 0 Å². The SMILES string of the molecule is NC(=O)[C@H](Cc1ccc2ccccc2c1)NC(=O)c1ccc(F)cc1F. The summed E-state index contributed by atoms with van der Waals surface area (Å²) in [5.74, 6) is -3.36. The Balaban J connectivity index is 1.80. The molecule has 0 heterocycles. The molecule has 2 amide bonds. The second-order valence-corrected chi connectivity index (χ2v) is 5.94. The van der Waals surface area contributed by atoms with E-state index in [1.54, 1.807) is 0 Å². The van der Waals surface area contributed by atoms with Crippen LogP contribution >= 0.6 is 0 Å². The summed E-state index contributed by atoms with van der Waals surface area (Å²) in [6.45, 7) is 0. The van der Waals surface area contributed by atoms with Crippen molar-refractivity contribution < 1.29 is 18.4 Å². The van der Waals surface area contributed by atoms with Crippen molar-refractivity contribution in [2.75, 3.05) is 0 Å². The van der Waals surface area contributed by atoms with E-state index in [-0.39, 0.29) is 12.0 Å². The number of hydrogen-bond donors (Lipinski definition) is 2. The van der Waals surface area contributed by atoms with Crippen LogP contribution < -0.4 is 11.1 Å². The zero-order chi connectivity index (χ0) is 18.7. The van der Waals surface area contributed by atoms with Crippen molar-refractivity contribution in [1.29, 1.82) is 0 Å². The fraction of sp³-hybridized carbons (Fsp3) is 0.100. The van der Waals surface area contributed by atoms with E-state index < -0.39 is 29.5 Å². The Hall–Kier alpha value is -3.28. The minimum absolute atomic E-state index is 0.161. The van der Waals surface area contributed by atoms with Gasteiger partial charge < -0.3 is 11.1 Å². The fourth-order valence-corrected chi connectivity index (χ4v) is 2.73. The van der Waals surface area contributed by atoms with Crippen molar-refractivity contribution in [1.82, 2.24) is 5.32 Å². The van der Waals surface area contributed by atoms with Gasteiger partial charge in [-0.15, -0.1) is 0 Å². The Morgan fingerprint density at radius 2 is 1.69 bits per heavy atom. The van der Waals surface area contributed by atoms with Crippen LogP contribution in [0, 0.1) is 11.6 Å². The molecular weight excluding hydrogens is 338 g/mol. The maximum atomic E-state index is 13.7. The van der Waals surface area contributed by atoms with Crippen LogP contribution in [0.4, 0.5) is 8.78 Å². The Morgan fingerprint density at radius 1 is 0.962 bits per heavy atom. The molecule has 3 rings (SSSR count). The first-order chi connectivity index (χ1) is 12.4. The number of amides is 2. The lowest BCUT2D eigenvalue weighted by Gasteiger charge is -2.16. The molecule has 0 bridgehead atoms. The highest BCUT2D eigenvalue weighted by atomic mass is 19.1. The standard InChI is InChI=1S/C20H16F2N2O2/c21-15-7-8-16(17(22)11-15)20(26)24-18(19(23)25)10-12-5-6-13-3-1-2-4-14(13)9-12/h1-9,11,18H,10H2,(H2,23,25)(H,24,26)/t18-/m0/s1. The van der Waals surface area contributed by atoms with Crippen LogP contribution in [-0.4, -0.2) is 17.9 Å². The second kappa shape index (κ2) is 7.31. The molecule has 0 saturated heterocycles. The lowest BCUT2D eigenvalue weighted by Crippen LogP contribution is -2.46. The molecule has 3 aromatic carbocycles. The molecule has 0 aliphatic carbocycles. The molecule has 0 fully saturated rings. The molecule has 0 saturated carbocycles. The van der Waals surface area contributed by atoms with Crippen LogP contribution in [0.5, 0.6) is 0 Å². The number of carbonyl (C=O) groups excluding carboxylic acids is 2. The maximum absolute atomic E-state index is 13.7. The molecule has 26 heavy (non-hydrogen) atoms. The normalized spacial score (nSPS) is 11.9. The Kier molecular flexibility index (Phi) is 4.93. The number of rotatable bonds is 5. The average Bonchev–Trinajstić information content (AvgIpc) is 2.60. The number of hydrogen-bond acceptors (Lipinski definition) is 2. The quantitative estimate of drug-likeness (QED) is 0.739. The third kappa shape index (κ3) is 3.85. The first-order valence-corrected chi connectivity index (χ1v) is 7.97. The lowest BCUT2D eigenvalue weighted by molar-refractivity contribution is -0.119. The Bertz CT molecular complexity index is 988. The molecule has 3 N–H and O–H groups in total. The highest BCUT2D eigenvalue weighted by molar-refractivity contribution is 5.97. The third-order valence-corrected chi connectivity index (χ3v) is 4.08. The highest BCUT2D eigenvalue weighted by Crippen LogP contribution is 2.17. The number of primary amides is 1. The average molecular weight is 354 g/mol. The summed E-state index contributed by atoms with van der Waals surface area (Å²) < 4.78 is 26.7. The molecule has 0 unspecified atom stereocenters. The molecule has 1 atom stereocenters. The molecule has 4 nitrogen and oxygen atoms in total. The summed E-state index contributed by atoms with van der Waals surface area (Å²) >= 11 is 0. The van der Waals surface area contributed by atoms with Gasteiger partial charge in [-0.3, -0.25) is 9.59 Å². The predicted molar refractivity (Wildman–Crippen MR) is 94.5 cm³/mol. The summed E-state index contributed by atoms with van der Waals surface area (Å²) in [4.78, 5) is 23.9. The van der Waals surface area contributed by atoms with Crippen LogP contribution in [0.15, 0.2) is 60.7 Å². The van der Waals surface area contributed by atoms with Crippen LogP contribution in [-0.2, 0) is 11.2 Å². The largest absolute Gasteiger partial charge is 0.368 e. The van der Waals surface area contributed by atoms with E-state index in [2.05, 4.69) is 5.32 Å². The smallest absolute Gasteiger partial charge is 0.254 e. The van der Waals surface area contributed by atoms with Gasteiger partial charge in [0.1, 0.15) is 17.7 Å². The van der Waals surface area contributed by atoms with Gasteiger partial charge >= 0.3 is 0 Å². The topological polar surface area (TPSA) is 72.2 Å². The van der Waals surface area contributed by atoms with Crippen molar-refractivity contribution in [2.24, 2.45) is 5.73 Å². The third-order valence-electron chi connectivity index (χ3n) is 4.08. The van der Waals surface area contributed by atoms with Crippen LogP contribution in [0.1, 0.15) is 15.9 Å². The minimum Gasteiger partial charge on any atom is -0.368 e. The van der Waals surface area contributed by atoms with Crippen LogP contribution in [0.25, 0.3) is 10.8 Å². The summed E-state index contributed by atoms with van der Waals surface area (Å²) in [7, 11) is 0. The summed E-state index contributed by atoms with van der Waals surface area (Å²) in [5.41, 5.74) is 5.83. The first-order valence-electron chi connectivity index (χ1n) is 7.97. The second-order valence-electron chi connectivity index (χ2n) is 5.94. The monoisotopic (exact) mass is 354 g/mol. The van der Waals surface area contributed by atoms with Gasteiger partial charge in [-0.25, -0.2) is 8.78 Å². The Morgan fingerprint density at radius 3 is 2.38 bits per heavy atom. The molecule has 0 aliphatic heterocycles. The molecule has 0 radical (unpaired) electrons. The van der Waals surface area contributed by atoms with E-state index in [0.29, 0.717) is 6.07 Å². The van der Waals surface area contributed by atoms with E-state index in [0.717, 1.165) is 28.5 Å². The molecule has 0 aliphatic rings. The van der Waals surface area contributed by atoms with Gasteiger partial charge in [0.2, 0.25) is 5.91 Å². The van der Waals surface area contributed by atoms with E-state index in [1.165, 1.54) is 0 Å². The van der Waals surface area contributed by atoms with Gasteiger partial charge in [-0.05, 0) is 28.5 Å². The predicted octanol–water partition coefficient (Wildman–Crippen LogP) is 2.94. The summed E-state index contributed by atoms with van der Waals surface area (Å²) in [6.07, 6.45) is 0.161. The van der Waals surface area contributed by atoms with E-state index in [1.807, 2.05) is 42.5 Å². The van der Waals surface area contributed by atoms with E-state index in [4.69, 9.17) is 5.73 Å². The zero-order valence-electron chi connectivity index (χ0n) is 13.7. The van der Waals surface area contributed by atoms with Gasteiger partial charge in [0.25, 0.3) is 5.91 Å². The van der Waals surface area contributed by atoms with Gasteiger partial charge in [0.05, 0.1) is 5.56 Å². The van der Waals surface area contributed by atoms with Crippen molar-refractivity contribution in [2.45, 2.75) is 12.5 Å². The van der Waals surface area contributed by atoms with Gasteiger partial charge in [-0.1, -0.05) is 42.5 Å². The number of nitrogens with one attached hydrogen (secondary N) is 1. The molecule has 132 valence electrons. The summed E-state index contributed by atoms with van der Waals surface area (Å²) in [5, 5.41) is 4.45. The fourth-order valence-electron chi connectivity index (χ4n) is 2.73. The minimum atomic E-state index is -1.02. The summed E-state index contributed by atoms with van der Waals surface area (Å²) in [6, 6.07) is 14.9. The van der Waals surface area contributed by atoms with Gasteiger partial charge in [-0.2, -0.15) is 0 Å². The van der Waals surface area contributed by atoms with Crippen LogP contribution in [0.3, 0.4) is 0 Å². The van der Waals surface area contributed by atoms with Crippen LogP contribution in [0.2, 0.25) is 0 Å². The number of halogens is 2. The van der Waals surface area contributed by atoms with Crippen molar-refractivity contribution >= 4 is 22.6 Å². The molecule has 0 aromatic heterocycles. The molecule has 6 heteroatoms. The van der Waals surface area contributed by atoms with Gasteiger partial charge in [0.15, 0.2) is 0 Å². The van der Waals surface area contributed by atoms with Crippen molar-refractivity contribution in [3.63, 3.8) is 0 Å². The lowest BCUT2D eigenvalue weighted by atomic mass is 10.0. The van der Waals surface area contributed by atoms with E-state index in [9.17, 15) is 18.4 Å². The highest BCUT2D eigenvalue weighted by Gasteiger charge is 2.21. The molecule has 0 spiro atoms. The number of benzene rings is 3. The first kappa shape index (κ1) is 17.5.